The SMILES string of the molecule is C[C@@H](CNC(=O)OC(C)(C)C)Oc1ccc(F)cc1COS(C)(=O)=O. The second kappa shape index (κ2) is 8.48. The summed E-state index contributed by atoms with van der Waals surface area (Å²) in [6.45, 7) is 6.75. The third kappa shape index (κ3) is 9.25. The van der Waals surface area contributed by atoms with Crippen LogP contribution in [0.15, 0.2) is 18.2 Å². The van der Waals surface area contributed by atoms with Crippen molar-refractivity contribution in [2.75, 3.05) is 12.8 Å². The van der Waals surface area contributed by atoms with Crippen molar-refractivity contribution in [3.05, 3.63) is 29.6 Å². The molecule has 1 amide bonds. The summed E-state index contributed by atoms with van der Waals surface area (Å²) in [5, 5.41) is 2.56. The lowest BCUT2D eigenvalue weighted by molar-refractivity contribution is 0.0504. The molecular weight excluding hydrogens is 353 g/mol. The van der Waals surface area contributed by atoms with Crippen molar-refractivity contribution in [1.29, 1.82) is 0 Å². The molecule has 1 aromatic carbocycles. The van der Waals surface area contributed by atoms with E-state index in [0.29, 0.717) is 0 Å². The first-order valence-corrected chi connectivity index (χ1v) is 9.44. The number of carbonyl (C=O) groups is 1. The van der Waals surface area contributed by atoms with E-state index in [0.717, 1.165) is 12.3 Å². The van der Waals surface area contributed by atoms with E-state index in [2.05, 4.69) is 9.50 Å². The van der Waals surface area contributed by atoms with Crippen molar-refractivity contribution in [2.24, 2.45) is 0 Å². The van der Waals surface area contributed by atoms with Gasteiger partial charge in [-0.3, -0.25) is 4.18 Å². The summed E-state index contributed by atoms with van der Waals surface area (Å²) in [7, 11) is -3.67. The van der Waals surface area contributed by atoms with Crippen LogP contribution in [0.1, 0.15) is 33.3 Å². The van der Waals surface area contributed by atoms with E-state index in [4.69, 9.17) is 9.47 Å². The van der Waals surface area contributed by atoms with Crippen LogP contribution in [0, 0.1) is 5.82 Å². The van der Waals surface area contributed by atoms with Crippen molar-refractivity contribution in [3.63, 3.8) is 0 Å². The van der Waals surface area contributed by atoms with Gasteiger partial charge >= 0.3 is 6.09 Å². The summed E-state index contributed by atoms with van der Waals surface area (Å²) in [6.07, 6.45) is -0.141. The van der Waals surface area contributed by atoms with Gasteiger partial charge in [-0.2, -0.15) is 8.42 Å². The molecule has 0 spiro atoms. The maximum Gasteiger partial charge on any atom is 0.407 e. The molecular formula is C16H24FNO6S. The van der Waals surface area contributed by atoms with Gasteiger partial charge in [0.25, 0.3) is 10.1 Å². The van der Waals surface area contributed by atoms with Crippen LogP contribution >= 0.6 is 0 Å². The fraction of sp³-hybridized carbons (Fsp3) is 0.562. The summed E-state index contributed by atoms with van der Waals surface area (Å²) in [5.41, 5.74) is -0.365. The van der Waals surface area contributed by atoms with Crippen molar-refractivity contribution in [2.45, 2.75) is 46.0 Å². The van der Waals surface area contributed by atoms with Gasteiger partial charge < -0.3 is 14.8 Å². The van der Waals surface area contributed by atoms with E-state index in [9.17, 15) is 17.6 Å². The van der Waals surface area contributed by atoms with E-state index in [1.807, 2.05) is 0 Å². The van der Waals surface area contributed by atoms with E-state index < -0.39 is 33.7 Å². The number of benzene rings is 1. The van der Waals surface area contributed by atoms with Gasteiger partial charge in [0.15, 0.2) is 0 Å². The Bertz CT molecular complexity index is 699. The van der Waals surface area contributed by atoms with Crippen LogP contribution in [0.5, 0.6) is 5.75 Å². The molecule has 142 valence electrons. The number of rotatable bonds is 7. The lowest BCUT2D eigenvalue weighted by Gasteiger charge is -2.21. The average Bonchev–Trinajstić information content (AvgIpc) is 2.43. The molecule has 0 saturated heterocycles. The van der Waals surface area contributed by atoms with Gasteiger partial charge in [-0.15, -0.1) is 0 Å². The molecule has 1 N–H and O–H groups in total. The summed E-state index contributed by atoms with van der Waals surface area (Å²) < 4.78 is 51.0. The quantitative estimate of drug-likeness (QED) is 0.735. The van der Waals surface area contributed by atoms with Gasteiger partial charge in [0.05, 0.1) is 19.4 Å². The normalized spacial score (nSPS) is 13.2. The number of halogens is 1. The van der Waals surface area contributed by atoms with E-state index in [-0.39, 0.29) is 24.5 Å². The topological polar surface area (TPSA) is 90.9 Å². The number of alkyl carbamates (subject to hydrolysis) is 1. The summed E-state index contributed by atoms with van der Waals surface area (Å²) in [4.78, 5) is 11.6. The third-order valence-corrected chi connectivity index (χ3v) is 3.26. The molecule has 0 fully saturated rings. The van der Waals surface area contributed by atoms with Crippen molar-refractivity contribution >= 4 is 16.2 Å². The van der Waals surface area contributed by atoms with Crippen LogP contribution in [-0.2, 0) is 25.6 Å². The van der Waals surface area contributed by atoms with Crippen LogP contribution in [-0.4, -0.2) is 39.0 Å². The lowest BCUT2D eigenvalue weighted by atomic mass is 10.2. The molecule has 0 aliphatic carbocycles. The molecule has 0 saturated carbocycles. The second-order valence-electron chi connectivity index (χ2n) is 6.53. The largest absolute Gasteiger partial charge is 0.489 e. The molecule has 25 heavy (non-hydrogen) atoms. The maximum absolute atomic E-state index is 13.4. The average molecular weight is 377 g/mol. The minimum absolute atomic E-state index is 0.151. The highest BCUT2D eigenvalue weighted by Crippen LogP contribution is 2.22. The zero-order chi connectivity index (χ0) is 19.3. The molecule has 0 aliphatic heterocycles. The Morgan fingerprint density at radius 2 is 1.96 bits per heavy atom. The number of carbonyl (C=O) groups excluding carboxylic acids is 1. The Morgan fingerprint density at radius 3 is 2.52 bits per heavy atom. The number of nitrogens with one attached hydrogen (secondary N) is 1. The second-order valence-corrected chi connectivity index (χ2v) is 8.17. The minimum atomic E-state index is -3.67. The van der Waals surface area contributed by atoms with Crippen LogP contribution in [0.4, 0.5) is 9.18 Å². The van der Waals surface area contributed by atoms with E-state index in [1.54, 1.807) is 27.7 Å². The number of hydrogen-bond acceptors (Lipinski definition) is 6. The molecule has 0 aliphatic rings. The molecule has 0 unspecified atom stereocenters. The molecule has 1 aromatic rings. The van der Waals surface area contributed by atoms with Crippen LogP contribution in [0.25, 0.3) is 0 Å². The van der Waals surface area contributed by atoms with Gasteiger partial charge in [-0.05, 0) is 45.9 Å². The Labute approximate surface area is 147 Å². The summed E-state index contributed by atoms with van der Waals surface area (Å²) in [6, 6.07) is 3.70. The van der Waals surface area contributed by atoms with Gasteiger partial charge in [0.2, 0.25) is 0 Å². The Kier molecular flexibility index (Phi) is 7.18. The molecule has 0 heterocycles. The first kappa shape index (κ1) is 21.2. The summed E-state index contributed by atoms with van der Waals surface area (Å²) in [5.74, 6) is -0.275. The monoisotopic (exact) mass is 377 g/mol. The van der Waals surface area contributed by atoms with Gasteiger partial charge in [0, 0.05) is 5.56 Å². The zero-order valence-electron chi connectivity index (χ0n) is 15.0. The molecule has 0 bridgehead atoms. The molecule has 9 heteroatoms. The number of amides is 1. The number of ether oxygens (including phenoxy) is 2. The third-order valence-electron chi connectivity index (χ3n) is 2.71. The highest BCUT2D eigenvalue weighted by atomic mass is 32.2. The molecule has 1 rings (SSSR count). The first-order chi connectivity index (χ1) is 11.4. The smallest absolute Gasteiger partial charge is 0.407 e. The molecule has 1 atom stereocenters. The Morgan fingerprint density at radius 1 is 1.32 bits per heavy atom. The molecule has 0 aromatic heterocycles. The van der Waals surface area contributed by atoms with Crippen LogP contribution < -0.4 is 10.1 Å². The van der Waals surface area contributed by atoms with E-state index >= 15 is 0 Å². The maximum atomic E-state index is 13.4. The lowest BCUT2D eigenvalue weighted by Crippen LogP contribution is -2.37. The minimum Gasteiger partial charge on any atom is -0.489 e. The predicted molar refractivity (Wildman–Crippen MR) is 90.4 cm³/mol. The fourth-order valence-electron chi connectivity index (χ4n) is 1.75. The molecule has 7 nitrogen and oxygen atoms in total. The predicted octanol–water partition coefficient (Wildman–Crippen LogP) is 2.59. The van der Waals surface area contributed by atoms with Crippen LogP contribution in [0.2, 0.25) is 0 Å². The first-order valence-electron chi connectivity index (χ1n) is 7.62. The Hall–Kier alpha value is -1.87. The van der Waals surface area contributed by atoms with Gasteiger partial charge in [0.1, 0.15) is 23.3 Å². The van der Waals surface area contributed by atoms with Crippen molar-refractivity contribution in [3.8, 4) is 5.75 Å². The highest BCUT2D eigenvalue weighted by Gasteiger charge is 2.17. The molecule has 0 radical (unpaired) electrons. The van der Waals surface area contributed by atoms with Crippen LogP contribution in [0.3, 0.4) is 0 Å². The van der Waals surface area contributed by atoms with Gasteiger partial charge in [-0.1, -0.05) is 0 Å². The highest BCUT2D eigenvalue weighted by molar-refractivity contribution is 7.85. The zero-order valence-corrected chi connectivity index (χ0v) is 15.8. The van der Waals surface area contributed by atoms with Gasteiger partial charge in [-0.25, -0.2) is 9.18 Å². The van der Waals surface area contributed by atoms with E-state index in [1.165, 1.54) is 12.1 Å². The Balaban J connectivity index is 2.67. The number of hydrogen-bond donors (Lipinski definition) is 1. The van der Waals surface area contributed by atoms with Crippen molar-refractivity contribution < 1.29 is 31.3 Å². The standard InChI is InChI=1S/C16H24FNO6S/c1-11(9-18-15(19)24-16(2,3)4)23-14-7-6-13(17)8-12(14)10-22-25(5,20)21/h6-8,11H,9-10H2,1-5H3,(H,18,19)/t11-/m0/s1. The van der Waals surface area contributed by atoms with Crippen molar-refractivity contribution in [1.82, 2.24) is 5.32 Å². The fourth-order valence-corrected chi connectivity index (χ4v) is 2.09. The summed E-state index contributed by atoms with van der Waals surface area (Å²) >= 11 is 0.